The lowest BCUT2D eigenvalue weighted by atomic mass is 10.2. The first-order chi connectivity index (χ1) is 10.0. The molecule has 0 aromatic carbocycles. The zero-order chi connectivity index (χ0) is 15.4. The van der Waals surface area contributed by atoms with Crippen molar-refractivity contribution in [2.45, 2.75) is 39.8 Å². The summed E-state index contributed by atoms with van der Waals surface area (Å²) in [5.41, 5.74) is 1.27. The summed E-state index contributed by atoms with van der Waals surface area (Å²) in [6, 6.07) is 1.56. The molecule has 2 rings (SSSR count). The van der Waals surface area contributed by atoms with Gasteiger partial charge in [-0.25, -0.2) is 9.67 Å². The van der Waals surface area contributed by atoms with E-state index in [1.165, 1.54) is 0 Å². The minimum Gasteiger partial charge on any atom is -0.394 e. The fourth-order valence-electron chi connectivity index (χ4n) is 2.12. The summed E-state index contributed by atoms with van der Waals surface area (Å²) in [4.78, 5) is 16.5. The Morgan fingerprint density at radius 1 is 1.43 bits per heavy atom. The van der Waals surface area contributed by atoms with Gasteiger partial charge in [0.05, 0.1) is 24.4 Å². The third kappa shape index (κ3) is 3.58. The fraction of sp³-hybridized carbons (Fsp3) is 0.533. The SMILES string of the molecule is CCC(CO)NC(=O)c1cnc2c(cnn2CC(C)C)c1. The summed E-state index contributed by atoms with van der Waals surface area (Å²) in [6.45, 7) is 6.89. The van der Waals surface area contributed by atoms with Gasteiger partial charge in [0, 0.05) is 18.1 Å². The van der Waals surface area contributed by atoms with Crippen LogP contribution in [0, 0.1) is 5.92 Å². The van der Waals surface area contributed by atoms with Gasteiger partial charge in [-0.05, 0) is 18.4 Å². The van der Waals surface area contributed by atoms with Crippen molar-refractivity contribution in [1.29, 1.82) is 0 Å². The predicted octanol–water partition coefficient (Wildman–Crippen LogP) is 1.59. The Hall–Kier alpha value is -1.95. The average molecular weight is 290 g/mol. The van der Waals surface area contributed by atoms with Crippen molar-refractivity contribution in [3.05, 3.63) is 24.0 Å². The van der Waals surface area contributed by atoms with E-state index in [1.807, 2.05) is 11.6 Å². The molecule has 114 valence electrons. The van der Waals surface area contributed by atoms with Gasteiger partial charge in [0.1, 0.15) is 0 Å². The molecule has 2 aromatic heterocycles. The second-order valence-corrected chi connectivity index (χ2v) is 5.62. The molecule has 2 heterocycles. The molecule has 0 fully saturated rings. The molecule has 0 saturated carbocycles. The Balaban J connectivity index is 2.21. The van der Waals surface area contributed by atoms with Gasteiger partial charge in [0.2, 0.25) is 0 Å². The smallest absolute Gasteiger partial charge is 0.253 e. The van der Waals surface area contributed by atoms with Gasteiger partial charge >= 0.3 is 0 Å². The molecule has 2 N–H and O–H groups in total. The number of aromatic nitrogens is 3. The Kier molecular flexibility index (Phi) is 4.90. The van der Waals surface area contributed by atoms with Crippen LogP contribution in [0.15, 0.2) is 18.5 Å². The van der Waals surface area contributed by atoms with Crippen LogP contribution in [-0.4, -0.2) is 38.4 Å². The summed E-state index contributed by atoms with van der Waals surface area (Å²) in [5, 5.41) is 17.1. The molecule has 2 aromatic rings. The molecule has 0 saturated heterocycles. The second kappa shape index (κ2) is 6.67. The number of hydrogen-bond donors (Lipinski definition) is 2. The van der Waals surface area contributed by atoms with Crippen molar-refractivity contribution in [3.8, 4) is 0 Å². The minimum absolute atomic E-state index is 0.0652. The molecule has 1 atom stereocenters. The number of aliphatic hydroxyl groups is 1. The molecule has 0 spiro atoms. The predicted molar refractivity (Wildman–Crippen MR) is 81.0 cm³/mol. The first-order valence-corrected chi connectivity index (χ1v) is 7.28. The standard InChI is InChI=1S/C15H22N4O2/c1-4-13(9-20)18-15(21)12-5-11-7-17-19(8-10(2)3)14(11)16-6-12/h5-7,10,13,20H,4,8-9H2,1-3H3,(H,18,21). The maximum atomic E-state index is 12.1. The number of nitrogens with one attached hydrogen (secondary N) is 1. The fourth-order valence-corrected chi connectivity index (χ4v) is 2.12. The molecule has 1 amide bonds. The highest BCUT2D eigenvalue weighted by molar-refractivity contribution is 5.96. The van der Waals surface area contributed by atoms with Crippen LogP contribution in [0.5, 0.6) is 0 Å². The van der Waals surface area contributed by atoms with Crippen LogP contribution in [0.2, 0.25) is 0 Å². The summed E-state index contributed by atoms with van der Waals surface area (Å²) >= 11 is 0. The summed E-state index contributed by atoms with van der Waals surface area (Å²) < 4.78 is 1.85. The third-order valence-electron chi connectivity index (χ3n) is 3.32. The van der Waals surface area contributed by atoms with Gasteiger partial charge in [-0.15, -0.1) is 0 Å². The molecule has 6 heteroatoms. The summed E-state index contributed by atoms with van der Waals surface area (Å²) in [5.74, 6) is 0.259. The van der Waals surface area contributed by atoms with Gasteiger partial charge in [-0.1, -0.05) is 20.8 Å². The van der Waals surface area contributed by atoms with Crippen LogP contribution in [0.3, 0.4) is 0 Å². The van der Waals surface area contributed by atoms with Gasteiger partial charge in [-0.2, -0.15) is 5.10 Å². The normalized spacial score (nSPS) is 12.8. The van der Waals surface area contributed by atoms with Crippen molar-refractivity contribution in [2.24, 2.45) is 5.92 Å². The van der Waals surface area contributed by atoms with Crippen LogP contribution in [0.4, 0.5) is 0 Å². The quantitative estimate of drug-likeness (QED) is 0.846. The molecule has 1 unspecified atom stereocenters. The van der Waals surface area contributed by atoms with Gasteiger partial charge < -0.3 is 10.4 Å². The van der Waals surface area contributed by atoms with E-state index < -0.39 is 0 Å². The van der Waals surface area contributed by atoms with Crippen molar-refractivity contribution < 1.29 is 9.90 Å². The van der Waals surface area contributed by atoms with Crippen LogP contribution < -0.4 is 5.32 Å². The lowest BCUT2D eigenvalue weighted by Crippen LogP contribution is -2.36. The lowest BCUT2D eigenvalue weighted by molar-refractivity contribution is 0.0914. The topological polar surface area (TPSA) is 80.0 Å². The van der Waals surface area contributed by atoms with E-state index >= 15 is 0 Å². The third-order valence-corrected chi connectivity index (χ3v) is 3.32. The molecular formula is C15H22N4O2. The van der Waals surface area contributed by atoms with Crippen LogP contribution in [0.25, 0.3) is 11.0 Å². The molecule has 21 heavy (non-hydrogen) atoms. The molecule has 0 aliphatic heterocycles. The van der Waals surface area contributed by atoms with Crippen molar-refractivity contribution in [3.63, 3.8) is 0 Å². The molecule has 0 aliphatic rings. The first-order valence-electron chi connectivity index (χ1n) is 7.28. The zero-order valence-electron chi connectivity index (χ0n) is 12.7. The van der Waals surface area contributed by atoms with E-state index in [-0.39, 0.29) is 18.6 Å². The van der Waals surface area contributed by atoms with E-state index in [0.717, 1.165) is 17.6 Å². The number of pyridine rings is 1. The summed E-state index contributed by atoms with van der Waals surface area (Å²) in [7, 11) is 0. The number of amides is 1. The second-order valence-electron chi connectivity index (χ2n) is 5.62. The van der Waals surface area contributed by atoms with Gasteiger partial charge in [-0.3, -0.25) is 4.79 Å². The number of carbonyl (C=O) groups is 1. The highest BCUT2D eigenvalue weighted by atomic mass is 16.3. The molecule has 0 bridgehead atoms. The van der Waals surface area contributed by atoms with Crippen molar-refractivity contribution in [1.82, 2.24) is 20.1 Å². The summed E-state index contributed by atoms with van der Waals surface area (Å²) in [6.07, 6.45) is 3.97. The number of fused-ring (bicyclic) bond motifs is 1. The first kappa shape index (κ1) is 15.4. The van der Waals surface area contributed by atoms with E-state index in [4.69, 9.17) is 5.11 Å². The Morgan fingerprint density at radius 2 is 2.19 bits per heavy atom. The number of rotatable bonds is 6. The average Bonchev–Trinajstić information content (AvgIpc) is 2.86. The molecule has 6 nitrogen and oxygen atoms in total. The van der Waals surface area contributed by atoms with Gasteiger partial charge in [0.15, 0.2) is 5.65 Å². The van der Waals surface area contributed by atoms with Crippen LogP contribution >= 0.6 is 0 Å². The van der Waals surface area contributed by atoms with Crippen LogP contribution in [0.1, 0.15) is 37.6 Å². The highest BCUT2D eigenvalue weighted by Gasteiger charge is 2.14. The Labute approximate surface area is 124 Å². The number of nitrogens with zero attached hydrogens (tertiary/aromatic N) is 3. The maximum Gasteiger partial charge on any atom is 0.253 e. The van der Waals surface area contributed by atoms with Crippen LogP contribution in [-0.2, 0) is 6.54 Å². The maximum absolute atomic E-state index is 12.1. The molecular weight excluding hydrogens is 268 g/mol. The van der Waals surface area contributed by atoms with Crippen molar-refractivity contribution >= 4 is 16.9 Å². The van der Waals surface area contributed by atoms with E-state index in [0.29, 0.717) is 17.9 Å². The molecule has 0 radical (unpaired) electrons. The van der Waals surface area contributed by atoms with Gasteiger partial charge in [0.25, 0.3) is 5.91 Å². The highest BCUT2D eigenvalue weighted by Crippen LogP contribution is 2.14. The van der Waals surface area contributed by atoms with E-state index in [1.54, 1.807) is 18.5 Å². The zero-order valence-corrected chi connectivity index (χ0v) is 12.7. The van der Waals surface area contributed by atoms with E-state index in [9.17, 15) is 4.79 Å². The lowest BCUT2D eigenvalue weighted by Gasteiger charge is -2.13. The largest absolute Gasteiger partial charge is 0.394 e. The van der Waals surface area contributed by atoms with E-state index in [2.05, 4.69) is 29.2 Å². The number of hydrogen-bond acceptors (Lipinski definition) is 4. The Morgan fingerprint density at radius 3 is 2.81 bits per heavy atom. The number of aliphatic hydroxyl groups excluding tert-OH is 1. The minimum atomic E-state index is -0.225. The van der Waals surface area contributed by atoms with Crippen molar-refractivity contribution in [2.75, 3.05) is 6.61 Å². The molecule has 0 aliphatic carbocycles. The number of carbonyl (C=O) groups excluding carboxylic acids is 1. The monoisotopic (exact) mass is 290 g/mol. The Bertz CT molecular complexity index is 617.